The molecule has 1 fully saturated rings. The highest BCUT2D eigenvalue weighted by Gasteiger charge is 2.36. The molecule has 1 saturated heterocycles. The maximum Gasteiger partial charge on any atom is 0.410 e. The number of carboxylic acid groups (broad SMARTS) is 1. The number of aryl methyl sites for hydroxylation is 1. The van der Waals surface area contributed by atoms with Gasteiger partial charge in [-0.15, -0.1) is 0 Å². The van der Waals surface area contributed by atoms with Gasteiger partial charge in [0.25, 0.3) is 0 Å². The van der Waals surface area contributed by atoms with Crippen LogP contribution in [0.15, 0.2) is 66.7 Å². The number of aromatic carboxylic acids is 1. The summed E-state index contributed by atoms with van der Waals surface area (Å²) in [6.07, 6.45) is -0.362. The summed E-state index contributed by atoms with van der Waals surface area (Å²) in [5.41, 5.74) is 4.74. The Bertz CT molecular complexity index is 1750. The van der Waals surface area contributed by atoms with Crippen molar-refractivity contribution in [3.63, 3.8) is 0 Å². The maximum atomic E-state index is 13.1. The summed E-state index contributed by atoms with van der Waals surface area (Å²) in [5, 5.41) is 21.9. The summed E-state index contributed by atoms with van der Waals surface area (Å²) >= 11 is 0. The van der Waals surface area contributed by atoms with Gasteiger partial charge in [0, 0.05) is 48.7 Å². The Hall–Kier alpha value is -5.17. The molecule has 0 radical (unpaired) electrons. The second kappa shape index (κ2) is 12.2. The molecule has 10 nitrogen and oxygen atoms in total. The van der Waals surface area contributed by atoms with Crippen LogP contribution in [0.1, 0.15) is 52.3 Å². The number of amides is 1. The lowest BCUT2D eigenvalue weighted by Gasteiger charge is -2.42. The average molecular weight is 591 g/mol. The lowest BCUT2D eigenvalue weighted by atomic mass is 9.92. The van der Waals surface area contributed by atoms with Crippen molar-refractivity contribution >= 4 is 34.3 Å². The number of carboxylic acids is 1. The SMILES string of the molecule is Cc1cccc2cccc(N3Cc4nc(C(=O)O)nc(N5CCN(C(=O)OCc6ccccc6)C(CC#N)C5)c4C(C)C3)c12. The van der Waals surface area contributed by atoms with Crippen molar-refractivity contribution in [3.05, 3.63) is 94.9 Å². The molecule has 4 aromatic rings. The highest BCUT2D eigenvalue weighted by Crippen LogP contribution is 2.39. The van der Waals surface area contributed by atoms with E-state index in [0.717, 1.165) is 22.2 Å². The van der Waals surface area contributed by atoms with Crippen molar-refractivity contribution in [3.8, 4) is 6.07 Å². The van der Waals surface area contributed by atoms with Crippen LogP contribution in [-0.2, 0) is 17.9 Å². The highest BCUT2D eigenvalue weighted by molar-refractivity contribution is 5.97. The monoisotopic (exact) mass is 590 g/mol. The number of piperazine rings is 1. The van der Waals surface area contributed by atoms with Crippen molar-refractivity contribution in [1.29, 1.82) is 5.26 Å². The molecule has 0 bridgehead atoms. The third-order valence-electron chi connectivity index (χ3n) is 8.50. The molecule has 0 spiro atoms. The summed E-state index contributed by atoms with van der Waals surface area (Å²) < 4.78 is 5.59. The third kappa shape index (κ3) is 5.61. The first-order chi connectivity index (χ1) is 21.3. The Morgan fingerprint density at radius 2 is 1.77 bits per heavy atom. The number of fused-ring (bicyclic) bond motifs is 2. The van der Waals surface area contributed by atoms with Crippen molar-refractivity contribution < 1.29 is 19.4 Å². The molecule has 3 aromatic carbocycles. The molecular weight excluding hydrogens is 556 g/mol. The minimum Gasteiger partial charge on any atom is -0.475 e. The molecule has 2 unspecified atom stereocenters. The second-order valence-electron chi connectivity index (χ2n) is 11.5. The molecule has 3 heterocycles. The van der Waals surface area contributed by atoms with Crippen molar-refractivity contribution in [1.82, 2.24) is 14.9 Å². The predicted octanol–water partition coefficient (Wildman–Crippen LogP) is 5.50. The Morgan fingerprint density at radius 3 is 2.52 bits per heavy atom. The topological polar surface area (TPSA) is 123 Å². The van der Waals surface area contributed by atoms with E-state index in [1.165, 1.54) is 10.9 Å². The first-order valence-corrected chi connectivity index (χ1v) is 14.8. The number of carbonyl (C=O) groups is 2. The van der Waals surface area contributed by atoms with E-state index in [2.05, 4.69) is 65.1 Å². The van der Waals surface area contributed by atoms with Gasteiger partial charge in [-0.1, -0.05) is 67.6 Å². The standard InChI is InChI=1S/C34H34N6O4/c1-22-8-6-11-25-12-7-13-28(29(22)25)39-18-23(2)30-27(20-39)36-31(33(41)42)37-32(30)38-16-17-40(26(19-38)14-15-35)34(43)44-21-24-9-4-3-5-10-24/h3-13,23,26H,14,16-21H2,1-2H3,(H,41,42). The highest BCUT2D eigenvalue weighted by atomic mass is 16.6. The molecule has 1 aromatic heterocycles. The number of hydrogen-bond acceptors (Lipinski definition) is 8. The zero-order chi connectivity index (χ0) is 30.8. The fourth-order valence-corrected chi connectivity index (χ4v) is 6.45. The Labute approximate surface area is 256 Å². The number of rotatable bonds is 6. The summed E-state index contributed by atoms with van der Waals surface area (Å²) in [7, 11) is 0. The molecule has 6 rings (SSSR count). The normalized spacial score (nSPS) is 18.1. The summed E-state index contributed by atoms with van der Waals surface area (Å²) in [6, 6.07) is 23.7. The van der Waals surface area contributed by atoms with Gasteiger partial charge in [-0.2, -0.15) is 5.26 Å². The molecule has 1 N–H and O–H groups in total. The number of benzene rings is 3. The zero-order valence-corrected chi connectivity index (χ0v) is 24.8. The maximum absolute atomic E-state index is 13.1. The molecule has 0 aliphatic carbocycles. The van der Waals surface area contributed by atoms with Crippen LogP contribution in [0.25, 0.3) is 10.8 Å². The Balaban J connectivity index is 1.29. The first kappa shape index (κ1) is 28.9. The Kier molecular flexibility index (Phi) is 8.03. The van der Waals surface area contributed by atoms with Crippen LogP contribution >= 0.6 is 0 Å². The quantitative estimate of drug-likeness (QED) is 0.310. The Morgan fingerprint density at radius 1 is 1.00 bits per heavy atom. The van der Waals surface area contributed by atoms with Crippen LogP contribution in [0.2, 0.25) is 0 Å². The molecule has 44 heavy (non-hydrogen) atoms. The van der Waals surface area contributed by atoms with E-state index in [9.17, 15) is 20.0 Å². The lowest BCUT2D eigenvalue weighted by molar-refractivity contribution is 0.0683. The van der Waals surface area contributed by atoms with Crippen LogP contribution in [0.3, 0.4) is 0 Å². The average Bonchev–Trinajstić information content (AvgIpc) is 3.03. The fourth-order valence-electron chi connectivity index (χ4n) is 6.45. The molecule has 2 aliphatic heterocycles. The zero-order valence-electron chi connectivity index (χ0n) is 24.8. The van der Waals surface area contributed by atoms with Gasteiger partial charge in [-0.05, 0) is 29.5 Å². The van der Waals surface area contributed by atoms with E-state index in [4.69, 9.17) is 4.74 Å². The number of nitriles is 1. The minimum absolute atomic E-state index is 0.000784. The van der Waals surface area contributed by atoms with Crippen molar-refractivity contribution in [2.75, 3.05) is 36.0 Å². The van der Waals surface area contributed by atoms with Gasteiger partial charge in [0.15, 0.2) is 0 Å². The summed E-state index contributed by atoms with van der Waals surface area (Å²) in [5.74, 6) is -0.895. The van der Waals surface area contributed by atoms with Gasteiger partial charge in [-0.3, -0.25) is 0 Å². The molecule has 1 amide bonds. The number of nitrogens with zero attached hydrogens (tertiary/aromatic N) is 6. The van der Waals surface area contributed by atoms with E-state index in [-0.39, 0.29) is 24.8 Å². The van der Waals surface area contributed by atoms with Gasteiger partial charge in [0.1, 0.15) is 12.4 Å². The summed E-state index contributed by atoms with van der Waals surface area (Å²) in [4.78, 5) is 40.2. The number of anilines is 2. The van der Waals surface area contributed by atoms with Crippen LogP contribution < -0.4 is 9.80 Å². The van der Waals surface area contributed by atoms with Crippen LogP contribution in [-0.4, -0.2) is 64.3 Å². The van der Waals surface area contributed by atoms with E-state index in [0.29, 0.717) is 44.2 Å². The van der Waals surface area contributed by atoms with E-state index >= 15 is 0 Å². The van der Waals surface area contributed by atoms with Gasteiger partial charge >= 0.3 is 12.1 Å². The number of ether oxygens (including phenoxy) is 1. The van der Waals surface area contributed by atoms with Crippen molar-refractivity contribution in [2.45, 2.75) is 45.4 Å². The summed E-state index contributed by atoms with van der Waals surface area (Å²) in [6.45, 7) is 6.57. The number of carbonyl (C=O) groups excluding carboxylic acids is 1. The van der Waals surface area contributed by atoms with Gasteiger partial charge in [0.2, 0.25) is 5.82 Å². The van der Waals surface area contributed by atoms with E-state index in [1.54, 1.807) is 4.90 Å². The molecule has 0 saturated carbocycles. The number of aromatic nitrogens is 2. The van der Waals surface area contributed by atoms with Gasteiger partial charge < -0.3 is 24.5 Å². The second-order valence-corrected chi connectivity index (χ2v) is 11.5. The molecule has 224 valence electrons. The molecule has 10 heteroatoms. The molecule has 2 aliphatic rings. The van der Waals surface area contributed by atoms with Crippen LogP contribution in [0.4, 0.5) is 16.3 Å². The predicted molar refractivity (Wildman–Crippen MR) is 167 cm³/mol. The smallest absolute Gasteiger partial charge is 0.410 e. The number of hydrogen-bond donors (Lipinski definition) is 1. The largest absolute Gasteiger partial charge is 0.475 e. The van der Waals surface area contributed by atoms with Crippen LogP contribution in [0, 0.1) is 18.3 Å². The van der Waals surface area contributed by atoms with Crippen LogP contribution in [0.5, 0.6) is 0 Å². The minimum atomic E-state index is -1.20. The van der Waals surface area contributed by atoms with Crippen molar-refractivity contribution in [2.24, 2.45) is 0 Å². The van der Waals surface area contributed by atoms with Gasteiger partial charge in [-0.25, -0.2) is 19.6 Å². The van der Waals surface area contributed by atoms with E-state index < -0.39 is 18.1 Å². The van der Waals surface area contributed by atoms with Gasteiger partial charge in [0.05, 0.1) is 30.8 Å². The molecular formula is C34H34N6O4. The lowest BCUT2D eigenvalue weighted by Crippen LogP contribution is -2.56. The third-order valence-corrected chi connectivity index (χ3v) is 8.50. The first-order valence-electron chi connectivity index (χ1n) is 14.8. The van der Waals surface area contributed by atoms with E-state index in [1.807, 2.05) is 41.3 Å². The fraction of sp³-hybridized carbons (Fsp3) is 0.324. The molecule has 2 atom stereocenters.